The van der Waals surface area contributed by atoms with Gasteiger partial charge in [-0.05, 0) is 93.4 Å². The molecule has 6 rings (SSSR count). The summed E-state index contributed by atoms with van der Waals surface area (Å²) < 4.78 is 95.9. The molecule has 252 valence electrons. The summed E-state index contributed by atoms with van der Waals surface area (Å²) in [5.74, 6) is 0. The van der Waals surface area contributed by atoms with Gasteiger partial charge < -0.3 is 0 Å². The SMILES string of the molecule is O=S(=O)(OS(c1ccccc1)(c1ccccc1)c1ccccc1)C(F)(F)S(=O)(=O)OS(c1ccccc1)(c1ccccc1)c1ccccc1. The molecule has 0 spiro atoms. The second-order valence-corrected chi connectivity index (χ2v) is 19.7. The molecule has 0 saturated heterocycles. The Morgan fingerprint density at radius 3 is 0.653 bits per heavy atom. The Balaban J connectivity index is 1.55. The summed E-state index contributed by atoms with van der Waals surface area (Å²) in [7, 11) is -19.7. The molecule has 0 atom stereocenters. The lowest BCUT2D eigenvalue weighted by Gasteiger charge is -2.41. The van der Waals surface area contributed by atoms with Crippen LogP contribution in [-0.2, 0) is 27.5 Å². The van der Waals surface area contributed by atoms with Crippen molar-refractivity contribution in [3.8, 4) is 0 Å². The van der Waals surface area contributed by atoms with Crippen molar-refractivity contribution < 1.29 is 32.9 Å². The third-order valence-corrected chi connectivity index (χ3v) is 18.5. The van der Waals surface area contributed by atoms with Crippen LogP contribution in [0.15, 0.2) is 211 Å². The molecule has 6 aromatic carbocycles. The van der Waals surface area contributed by atoms with Crippen molar-refractivity contribution in [3.63, 3.8) is 0 Å². The van der Waals surface area contributed by atoms with Gasteiger partial charge >= 0.3 is 24.8 Å². The Bertz CT molecular complexity index is 1860. The topological polar surface area (TPSA) is 86.7 Å². The summed E-state index contributed by atoms with van der Waals surface area (Å²) >= 11 is 0. The Hall–Kier alpha value is -4.30. The van der Waals surface area contributed by atoms with Gasteiger partial charge in [-0.1, -0.05) is 109 Å². The number of hydrogen-bond donors (Lipinski definition) is 0. The molecule has 0 heterocycles. The fourth-order valence-corrected chi connectivity index (χ4v) is 16.2. The molecule has 6 aromatic rings. The number of benzene rings is 6. The van der Waals surface area contributed by atoms with Crippen LogP contribution in [-0.4, -0.2) is 21.4 Å². The molecule has 0 amide bonds. The lowest BCUT2D eigenvalue weighted by molar-refractivity contribution is 0.159. The second-order valence-electron chi connectivity index (χ2n) is 10.5. The van der Waals surface area contributed by atoms with E-state index in [9.17, 15) is 16.8 Å². The highest BCUT2D eigenvalue weighted by Gasteiger charge is 2.64. The van der Waals surface area contributed by atoms with Gasteiger partial charge in [-0.15, -0.1) is 0 Å². The highest BCUT2D eigenvalue weighted by atomic mass is 32.3. The van der Waals surface area contributed by atoms with E-state index in [4.69, 9.17) is 7.26 Å². The van der Waals surface area contributed by atoms with E-state index in [0.29, 0.717) is 0 Å². The maximum Gasteiger partial charge on any atom is 0.498 e. The molecule has 0 aliphatic heterocycles. The molecule has 0 radical (unpaired) electrons. The molecule has 6 nitrogen and oxygen atoms in total. The zero-order valence-corrected chi connectivity index (χ0v) is 28.9. The zero-order valence-electron chi connectivity index (χ0n) is 25.7. The summed E-state index contributed by atoms with van der Waals surface area (Å²) in [5, 5.41) is 0. The predicted molar refractivity (Wildman–Crippen MR) is 188 cm³/mol. The van der Waals surface area contributed by atoms with E-state index < -0.39 is 45.4 Å². The zero-order chi connectivity index (χ0) is 34.6. The molecule has 0 aliphatic rings. The van der Waals surface area contributed by atoms with Crippen molar-refractivity contribution in [1.82, 2.24) is 0 Å². The van der Waals surface area contributed by atoms with Gasteiger partial charge in [0.05, 0.1) is 0 Å². The first-order chi connectivity index (χ1) is 23.5. The molecule has 0 fully saturated rings. The lowest BCUT2D eigenvalue weighted by atomic mass is 10.4. The fraction of sp³-hybridized carbons (Fsp3) is 0.0270. The van der Waals surface area contributed by atoms with Crippen LogP contribution in [0.3, 0.4) is 0 Å². The van der Waals surface area contributed by atoms with Crippen molar-refractivity contribution in [1.29, 1.82) is 0 Å². The first-order valence-electron chi connectivity index (χ1n) is 14.8. The predicted octanol–water partition coefficient (Wildman–Crippen LogP) is 10.0. The number of halogens is 2. The summed E-state index contributed by atoms with van der Waals surface area (Å²) in [5.41, 5.74) is 0. The maximum atomic E-state index is 16.7. The maximum absolute atomic E-state index is 16.7. The average Bonchev–Trinajstić information content (AvgIpc) is 3.15. The molecule has 0 N–H and O–H groups in total. The summed E-state index contributed by atoms with van der Waals surface area (Å²) in [6.07, 6.45) is 0. The summed E-state index contributed by atoms with van der Waals surface area (Å²) in [4.78, 5) is 1.52. The third kappa shape index (κ3) is 6.31. The Kier molecular flexibility index (Phi) is 9.81. The van der Waals surface area contributed by atoms with Crippen molar-refractivity contribution in [3.05, 3.63) is 182 Å². The van der Waals surface area contributed by atoms with Gasteiger partial charge in [0.15, 0.2) is 0 Å². The van der Waals surface area contributed by atoms with Gasteiger partial charge in [-0.3, -0.25) is 0 Å². The normalized spacial score (nSPS) is 13.4. The van der Waals surface area contributed by atoms with Crippen LogP contribution in [0.25, 0.3) is 0 Å². The molecular weight excluding hydrogens is 707 g/mol. The van der Waals surface area contributed by atoms with Crippen LogP contribution in [0.4, 0.5) is 8.78 Å². The smallest absolute Gasteiger partial charge is 0.201 e. The molecule has 12 heteroatoms. The largest absolute Gasteiger partial charge is 0.498 e. The van der Waals surface area contributed by atoms with Gasteiger partial charge in [-0.25, -0.2) is 7.26 Å². The molecular formula is C37H30F2O6S4. The number of alkyl halides is 2. The van der Waals surface area contributed by atoms with E-state index in [1.165, 1.54) is 0 Å². The lowest BCUT2D eigenvalue weighted by Crippen LogP contribution is -2.41. The molecule has 0 bridgehead atoms. The highest BCUT2D eigenvalue weighted by molar-refractivity contribution is 8.35. The standard InChI is InChI=1S/C37H30F2O6S4/c38-37(39,48(40,41)44-46(31-19-7-1-8-20-31,32-21-9-2-10-22-32)33-23-11-3-12-24-33)49(42,43)45-47(34-25-13-4-14-26-34,35-27-15-5-16-28-35)36-29-17-6-18-30-36/h1-30H. The van der Waals surface area contributed by atoms with Crippen LogP contribution in [0.5, 0.6) is 0 Å². The van der Waals surface area contributed by atoms with Crippen molar-refractivity contribution in [2.75, 3.05) is 0 Å². The number of hydrogen-bond acceptors (Lipinski definition) is 6. The molecule has 0 saturated carbocycles. The fourth-order valence-electron chi connectivity index (χ4n) is 5.20. The molecule has 0 unspecified atom stereocenters. The Morgan fingerprint density at radius 2 is 0.490 bits per heavy atom. The van der Waals surface area contributed by atoms with E-state index >= 15 is 8.78 Å². The average molecular weight is 737 g/mol. The highest BCUT2D eigenvalue weighted by Crippen LogP contribution is 2.73. The van der Waals surface area contributed by atoms with Crippen LogP contribution >= 0.6 is 20.6 Å². The van der Waals surface area contributed by atoms with E-state index in [1.807, 2.05) is 0 Å². The molecule has 49 heavy (non-hydrogen) atoms. The summed E-state index contributed by atoms with van der Waals surface area (Å²) in [6, 6.07) is 48.2. The van der Waals surface area contributed by atoms with Gasteiger partial charge in [0, 0.05) is 29.4 Å². The van der Waals surface area contributed by atoms with E-state index in [0.717, 1.165) is 0 Å². The molecule has 0 aromatic heterocycles. The van der Waals surface area contributed by atoms with Crippen molar-refractivity contribution in [2.24, 2.45) is 0 Å². The van der Waals surface area contributed by atoms with Crippen LogP contribution in [0.1, 0.15) is 0 Å². The van der Waals surface area contributed by atoms with Crippen LogP contribution < -0.4 is 0 Å². The van der Waals surface area contributed by atoms with Gasteiger partial charge in [-0.2, -0.15) is 25.6 Å². The summed E-state index contributed by atoms with van der Waals surface area (Å²) in [6.45, 7) is 0. The first kappa shape index (κ1) is 34.6. The van der Waals surface area contributed by atoms with Crippen molar-refractivity contribution >= 4 is 40.9 Å². The minimum Gasteiger partial charge on any atom is -0.201 e. The van der Waals surface area contributed by atoms with E-state index in [1.54, 1.807) is 182 Å². The van der Waals surface area contributed by atoms with Gasteiger partial charge in [0.1, 0.15) is 0 Å². The van der Waals surface area contributed by atoms with E-state index in [-0.39, 0.29) is 29.4 Å². The third-order valence-electron chi connectivity index (χ3n) is 7.42. The van der Waals surface area contributed by atoms with E-state index in [2.05, 4.69) is 0 Å². The first-order valence-corrected chi connectivity index (χ1v) is 20.7. The van der Waals surface area contributed by atoms with Gasteiger partial charge in [0.2, 0.25) is 0 Å². The van der Waals surface area contributed by atoms with Crippen molar-refractivity contribution in [2.45, 2.75) is 34.0 Å². The Labute approximate surface area is 288 Å². The molecule has 0 aliphatic carbocycles. The minimum absolute atomic E-state index is 0.253. The Morgan fingerprint density at radius 1 is 0.327 bits per heavy atom. The van der Waals surface area contributed by atoms with Crippen LogP contribution in [0.2, 0.25) is 0 Å². The minimum atomic E-state index is -6.33. The second kappa shape index (κ2) is 13.9. The van der Waals surface area contributed by atoms with Crippen LogP contribution in [0, 0.1) is 0 Å². The monoisotopic (exact) mass is 736 g/mol. The quantitative estimate of drug-likeness (QED) is 0.124. The van der Waals surface area contributed by atoms with Gasteiger partial charge in [0.25, 0.3) is 0 Å². The number of rotatable bonds is 12.